The summed E-state index contributed by atoms with van der Waals surface area (Å²) in [4.78, 5) is 8.65. The molecule has 1 atom stereocenters. The Labute approximate surface area is 68.3 Å². The molecular formula is C8H12NOP. The Hall–Kier alpha value is -0.430. The maximum atomic E-state index is 8.65. The van der Waals surface area contributed by atoms with Gasteiger partial charge < -0.3 is 10.6 Å². The molecule has 0 saturated heterocycles. The molecule has 60 valence electrons. The molecule has 3 heteroatoms. The van der Waals surface area contributed by atoms with Crippen LogP contribution < -0.4 is 5.73 Å². The van der Waals surface area contributed by atoms with E-state index in [0.717, 1.165) is 11.7 Å². The number of nitrogens with two attached hydrogens (primary N) is 1. The van der Waals surface area contributed by atoms with Crippen molar-refractivity contribution >= 4 is 8.81 Å². The molecule has 0 heterocycles. The first-order valence-corrected chi connectivity index (χ1v) is 4.67. The van der Waals surface area contributed by atoms with Crippen LogP contribution in [0.1, 0.15) is 11.1 Å². The second-order valence-corrected chi connectivity index (χ2v) is 3.03. The molecule has 1 aromatic carbocycles. The average Bonchev–Trinajstić information content (AvgIpc) is 2.07. The third-order valence-corrected chi connectivity index (χ3v) is 2.11. The molecule has 0 spiro atoms. The Kier molecular flexibility index (Phi) is 3.50. The molecule has 11 heavy (non-hydrogen) atoms. The van der Waals surface area contributed by atoms with Crippen LogP contribution in [0.25, 0.3) is 0 Å². The van der Waals surface area contributed by atoms with Crippen molar-refractivity contribution in [2.24, 2.45) is 5.73 Å². The lowest BCUT2D eigenvalue weighted by atomic mass is 10.1. The molecule has 0 aliphatic heterocycles. The van der Waals surface area contributed by atoms with E-state index in [0.29, 0.717) is 6.54 Å². The zero-order valence-electron chi connectivity index (χ0n) is 6.25. The van der Waals surface area contributed by atoms with E-state index in [-0.39, 0.29) is 8.81 Å². The Morgan fingerprint density at radius 1 is 1.18 bits per heavy atom. The zero-order chi connectivity index (χ0) is 8.10. The summed E-state index contributed by atoms with van der Waals surface area (Å²) in [5, 5.41) is 0. The van der Waals surface area contributed by atoms with E-state index in [1.165, 1.54) is 5.56 Å². The SMILES string of the molecule is NCc1ccc(CPO)cc1. The fourth-order valence-corrected chi connectivity index (χ4v) is 1.30. The van der Waals surface area contributed by atoms with E-state index >= 15 is 0 Å². The van der Waals surface area contributed by atoms with Crippen LogP contribution >= 0.6 is 8.81 Å². The minimum Gasteiger partial charge on any atom is -0.377 e. The van der Waals surface area contributed by atoms with Crippen molar-refractivity contribution in [3.05, 3.63) is 35.4 Å². The topological polar surface area (TPSA) is 46.2 Å². The molecule has 0 aliphatic rings. The predicted molar refractivity (Wildman–Crippen MR) is 48.6 cm³/mol. The van der Waals surface area contributed by atoms with E-state index in [9.17, 15) is 0 Å². The minimum absolute atomic E-state index is 0.00141. The van der Waals surface area contributed by atoms with E-state index in [2.05, 4.69) is 0 Å². The van der Waals surface area contributed by atoms with Crippen LogP contribution in [0.4, 0.5) is 0 Å². The molecule has 0 aromatic heterocycles. The molecule has 2 nitrogen and oxygen atoms in total. The molecule has 0 saturated carbocycles. The van der Waals surface area contributed by atoms with Gasteiger partial charge in [0.05, 0.1) is 0 Å². The van der Waals surface area contributed by atoms with Gasteiger partial charge in [0.25, 0.3) is 0 Å². The van der Waals surface area contributed by atoms with Gasteiger partial charge in [0.15, 0.2) is 0 Å². The van der Waals surface area contributed by atoms with Gasteiger partial charge in [-0.2, -0.15) is 0 Å². The largest absolute Gasteiger partial charge is 0.377 e. The van der Waals surface area contributed by atoms with Gasteiger partial charge in [-0.3, -0.25) is 0 Å². The Morgan fingerprint density at radius 3 is 2.18 bits per heavy atom. The maximum absolute atomic E-state index is 8.65. The second-order valence-electron chi connectivity index (χ2n) is 2.36. The Bertz CT molecular complexity index is 210. The van der Waals surface area contributed by atoms with Gasteiger partial charge >= 0.3 is 0 Å². The highest BCUT2D eigenvalue weighted by atomic mass is 31.1. The van der Waals surface area contributed by atoms with Crippen LogP contribution in [-0.4, -0.2) is 4.89 Å². The first kappa shape index (κ1) is 8.66. The summed E-state index contributed by atoms with van der Waals surface area (Å²) in [5.74, 6) is 0. The third kappa shape index (κ3) is 2.58. The molecule has 0 fully saturated rings. The van der Waals surface area contributed by atoms with E-state index in [1.54, 1.807) is 0 Å². The summed E-state index contributed by atoms with van der Waals surface area (Å²) in [7, 11) is 0.00141. The van der Waals surface area contributed by atoms with Crippen molar-refractivity contribution in [3.63, 3.8) is 0 Å². The standard InChI is InChI=1S/C8H12NOP/c9-5-7-1-3-8(4-2-7)6-11-10/h1-4,10-11H,5-6,9H2. The van der Waals surface area contributed by atoms with Gasteiger partial charge in [0, 0.05) is 21.5 Å². The fraction of sp³-hybridized carbons (Fsp3) is 0.250. The highest BCUT2D eigenvalue weighted by Gasteiger charge is 1.91. The lowest BCUT2D eigenvalue weighted by Gasteiger charge is -1.99. The first-order valence-electron chi connectivity index (χ1n) is 3.51. The predicted octanol–water partition coefficient (Wildman–Crippen LogP) is 1.23. The summed E-state index contributed by atoms with van der Waals surface area (Å²) < 4.78 is 0. The van der Waals surface area contributed by atoms with E-state index in [4.69, 9.17) is 10.6 Å². The van der Waals surface area contributed by atoms with Crippen molar-refractivity contribution < 1.29 is 4.89 Å². The normalized spacial score (nSPS) is 11.1. The number of hydrogen-bond acceptors (Lipinski definition) is 2. The maximum Gasteiger partial charge on any atom is 0.0178 e. The summed E-state index contributed by atoms with van der Waals surface area (Å²) >= 11 is 0. The third-order valence-electron chi connectivity index (χ3n) is 1.54. The molecular weight excluding hydrogens is 157 g/mol. The van der Waals surface area contributed by atoms with Crippen LogP contribution in [0.3, 0.4) is 0 Å². The summed E-state index contributed by atoms with van der Waals surface area (Å²) in [6.07, 6.45) is 0.755. The monoisotopic (exact) mass is 169 g/mol. The van der Waals surface area contributed by atoms with Crippen LogP contribution in [0.2, 0.25) is 0 Å². The van der Waals surface area contributed by atoms with Crippen LogP contribution in [0.5, 0.6) is 0 Å². The van der Waals surface area contributed by atoms with Gasteiger partial charge in [-0.25, -0.2) is 0 Å². The first-order chi connectivity index (χ1) is 5.36. The molecule has 1 aromatic rings. The van der Waals surface area contributed by atoms with E-state index < -0.39 is 0 Å². The Balaban J connectivity index is 2.66. The zero-order valence-corrected chi connectivity index (χ0v) is 7.25. The summed E-state index contributed by atoms with van der Waals surface area (Å²) in [6.45, 7) is 0.585. The van der Waals surface area contributed by atoms with Crippen molar-refractivity contribution in [3.8, 4) is 0 Å². The second kappa shape index (κ2) is 4.45. The van der Waals surface area contributed by atoms with Gasteiger partial charge in [-0.1, -0.05) is 24.3 Å². The molecule has 0 radical (unpaired) electrons. The quantitative estimate of drug-likeness (QED) is 0.668. The summed E-state index contributed by atoms with van der Waals surface area (Å²) in [6, 6.07) is 8.00. The average molecular weight is 169 g/mol. The van der Waals surface area contributed by atoms with Crippen molar-refractivity contribution in [2.45, 2.75) is 12.7 Å². The number of rotatable bonds is 3. The highest BCUT2D eigenvalue weighted by Crippen LogP contribution is 2.13. The van der Waals surface area contributed by atoms with Crippen molar-refractivity contribution in [1.82, 2.24) is 0 Å². The lowest BCUT2D eigenvalue weighted by Crippen LogP contribution is -1.95. The molecule has 0 bridgehead atoms. The molecule has 1 rings (SSSR count). The molecule has 0 aliphatic carbocycles. The molecule has 0 amide bonds. The smallest absolute Gasteiger partial charge is 0.0178 e. The van der Waals surface area contributed by atoms with Crippen LogP contribution in [0, 0.1) is 0 Å². The summed E-state index contributed by atoms with van der Waals surface area (Å²) in [5.41, 5.74) is 7.73. The van der Waals surface area contributed by atoms with Crippen molar-refractivity contribution in [2.75, 3.05) is 0 Å². The van der Waals surface area contributed by atoms with E-state index in [1.807, 2.05) is 24.3 Å². The molecule has 1 unspecified atom stereocenters. The van der Waals surface area contributed by atoms with Gasteiger partial charge in [-0.15, -0.1) is 0 Å². The van der Waals surface area contributed by atoms with Gasteiger partial charge in [0.1, 0.15) is 0 Å². The molecule has 3 N–H and O–H groups in total. The Morgan fingerprint density at radius 2 is 1.73 bits per heavy atom. The van der Waals surface area contributed by atoms with Crippen molar-refractivity contribution in [1.29, 1.82) is 0 Å². The number of hydrogen-bond donors (Lipinski definition) is 2. The van der Waals surface area contributed by atoms with Gasteiger partial charge in [0.2, 0.25) is 0 Å². The highest BCUT2D eigenvalue weighted by molar-refractivity contribution is 7.30. The van der Waals surface area contributed by atoms with Crippen LogP contribution in [0.15, 0.2) is 24.3 Å². The fourth-order valence-electron chi connectivity index (χ4n) is 0.884. The number of benzene rings is 1. The lowest BCUT2D eigenvalue weighted by molar-refractivity contribution is 0.644. The van der Waals surface area contributed by atoms with Crippen LogP contribution in [-0.2, 0) is 12.7 Å². The minimum atomic E-state index is 0.00141. The van der Waals surface area contributed by atoms with Gasteiger partial charge in [-0.05, 0) is 11.1 Å².